The van der Waals surface area contributed by atoms with E-state index in [0.717, 1.165) is 16.0 Å². The van der Waals surface area contributed by atoms with Gasteiger partial charge in [0.2, 0.25) is 0 Å². The van der Waals surface area contributed by atoms with Crippen molar-refractivity contribution < 1.29 is 14.3 Å². The Kier molecular flexibility index (Phi) is 5.98. The highest BCUT2D eigenvalue weighted by Gasteiger charge is 2.18. The monoisotopic (exact) mass is 380 g/mol. The third-order valence-electron chi connectivity index (χ3n) is 3.86. The number of nitrogens with one attached hydrogen (secondary N) is 1. The van der Waals surface area contributed by atoms with E-state index in [1.54, 1.807) is 13.0 Å². The molecule has 0 aliphatic rings. The molecule has 3 aromatic rings. The average molecular weight is 380 g/mol. The molecule has 0 aliphatic carbocycles. The van der Waals surface area contributed by atoms with Crippen molar-refractivity contribution >= 4 is 28.3 Å². The second kappa shape index (κ2) is 8.60. The number of amides is 1. The molecule has 1 amide bonds. The molecule has 27 heavy (non-hydrogen) atoms. The normalized spacial score (nSPS) is 10.4. The number of nitrogens with zero attached hydrogens (tertiary/aromatic N) is 1. The van der Waals surface area contributed by atoms with Crippen LogP contribution in [0.3, 0.4) is 0 Å². The van der Waals surface area contributed by atoms with Crippen LogP contribution in [0.2, 0.25) is 0 Å². The van der Waals surface area contributed by atoms with Crippen LogP contribution < -0.4 is 5.32 Å². The van der Waals surface area contributed by atoms with E-state index in [-0.39, 0.29) is 18.3 Å². The molecule has 1 heterocycles. The molecule has 0 saturated carbocycles. The Morgan fingerprint density at radius 3 is 2.59 bits per heavy atom. The van der Waals surface area contributed by atoms with Gasteiger partial charge < -0.3 is 4.74 Å². The van der Waals surface area contributed by atoms with Gasteiger partial charge in [-0.15, -0.1) is 11.3 Å². The molecule has 1 N–H and O–H groups in total. The van der Waals surface area contributed by atoms with Gasteiger partial charge in [0.25, 0.3) is 5.91 Å². The van der Waals surface area contributed by atoms with Crippen molar-refractivity contribution in [3.63, 3.8) is 0 Å². The van der Waals surface area contributed by atoms with Crippen LogP contribution in [0.1, 0.15) is 27.7 Å². The minimum atomic E-state index is -0.310. The number of ether oxygens (including phenoxy) is 1. The van der Waals surface area contributed by atoms with Crippen LogP contribution in [0.15, 0.2) is 54.6 Å². The number of hydrogen-bond donors (Lipinski definition) is 1. The van der Waals surface area contributed by atoms with Crippen LogP contribution in [-0.4, -0.2) is 23.5 Å². The Morgan fingerprint density at radius 2 is 1.89 bits per heavy atom. The summed E-state index contributed by atoms with van der Waals surface area (Å²) in [6, 6.07) is 16.9. The van der Waals surface area contributed by atoms with E-state index in [1.165, 1.54) is 11.3 Å². The summed E-state index contributed by atoms with van der Waals surface area (Å²) < 4.78 is 5.06. The van der Waals surface area contributed by atoms with Crippen LogP contribution in [0.4, 0.5) is 5.13 Å². The Labute approximate surface area is 162 Å². The quantitative estimate of drug-likeness (QED) is 0.641. The van der Waals surface area contributed by atoms with Gasteiger partial charge in [0, 0.05) is 16.0 Å². The fourth-order valence-electron chi connectivity index (χ4n) is 2.65. The van der Waals surface area contributed by atoms with Crippen LogP contribution in [-0.2, 0) is 16.0 Å². The number of rotatable bonds is 6. The number of benzene rings is 2. The highest BCUT2D eigenvalue weighted by molar-refractivity contribution is 7.16. The smallest absolute Gasteiger partial charge is 0.311 e. The van der Waals surface area contributed by atoms with E-state index in [1.807, 2.05) is 55.5 Å². The van der Waals surface area contributed by atoms with Crippen molar-refractivity contribution in [2.24, 2.45) is 0 Å². The van der Waals surface area contributed by atoms with Crippen LogP contribution in [0, 0.1) is 6.92 Å². The largest absolute Gasteiger partial charge is 0.466 e. The van der Waals surface area contributed by atoms with Crippen molar-refractivity contribution in [3.05, 3.63) is 70.6 Å². The van der Waals surface area contributed by atoms with Gasteiger partial charge in [-0.05, 0) is 26.0 Å². The molecule has 0 saturated heterocycles. The average Bonchev–Trinajstić information content (AvgIpc) is 3.04. The SMILES string of the molecule is CCOC(=O)Cc1sc(NC(=O)c2cccc(C)c2)nc1-c1ccccc1. The van der Waals surface area contributed by atoms with E-state index in [2.05, 4.69) is 10.3 Å². The van der Waals surface area contributed by atoms with Crippen LogP contribution >= 0.6 is 11.3 Å². The highest BCUT2D eigenvalue weighted by Crippen LogP contribution is 2.32. The van der Waals surface area contributed by atoms with E-state index in [9.17, 15) is 9.59 Å². The summed E-state index contributed by atoms with van der Waals surface area (Å²) in [6.07, 6.45) is 0.121. The second-order valence-electron chi connectivity index (χ2n) is 5.96. The van der Waals surface area contributed by atoms with Crippen LogP contribution in [0.25, 0.3) is 11.3 Å². The molecule has 0 radical (unpaired) electrons. The molecule has 0 unspecified atom stereocenters. The third kappa shape index (κ3) is 4.80. The number of aryl methyl sites for hydroxylation is 1. The molecule has 1 aromatic heterocycles. The standard InChI is InChI=1S/C21H20N2O3S/c1-3-26-18(24)13-17-19(15-9-5-4-6-10-15)22-21(27-17)23-20(25)16-11-7-8-14(2)12-16/h4-12H,3,13H2,1-2H3,(H,22,23,25). The number of anilines is 1. The Bertz CT molecular complexity index is 951. The van der Waals surface area contributed by atoms with Crippen LogP contribution in [0.5, 0.6) is 0 Å². The van der Waals surface area contributed by atoms with E-state index in [0.29, 0.717) is 23.0 Å². The Balaban J connectivity index is 1.88. The zero-order valence-electron chi connectivity index (χ0n) is 15.2. The number of carbonyl (C=O) groups excluding carboxylic acids is 2. The Morgan fingerprint density at radius 1 is 1.11 bits per heavy atom. The van der Waals surface area contributed by atoms with Crippen molar-refractivity contribution in [3.8, 4) is 11.3 Å². The molecule has 138 valence electrons. The molecule has 0 fully saturated rings. The second-order valence-corrected chi connectivity index (χ2v) is 7.05. The van der Waals surface area contributed by atoms with Gasteiger partial charge in [-0.3, -0.25) is 14.9 Å². The van der Waals surface area contributed by atoms with Gasteiger partial charge in [0.15, 0.2) is 5.13 Å². The van der Waals surface area contributed by atoms with Crippen molar-refractivity contribution in [1.29, 1.82) is 0 Å². The van der Waals surface area contributed by atoms with Crippen molar-refractivity contribution in [2.75, 3.05) is 11.9 Å². The summed E-state index contributed by atoms with van der Waals surface area (Å²) in [5.41, 5.74) is 3.16. The summed E-state index contributed by atoms with van der Waals surface area (Å²) in [5.74, 6) is -0.537. The number of hydrogen-bond acceptors (Lipinski definition) is 5. The maximum absolute atomic E-state index is 12.5. The highest BCUT2D eigenvalue weighted by atomic mass is 32.1. The van der Waals surface area contributed by atoms with Crippen molar-refractivity contribution in [1.82, 2.24) is 4.98 Å². The molecule has 5 nitrogen and oxygen atoms in total. The molecular formula is C21H20N2O3S. The summed E-state index contributed by atoms with van der Waals surface area (Å²) in [4.78, 5) is 29.8. The van der Waals surface area contributed by atoms with Gasteiger partial charge in [-0.2, -0.15) is 0 Å². The van der Waals surface area contributed by atoms with Gasteiger partial charge in [-0.25, -0.2) is 4.98 Å². The summed E-state index contributed by atoms with van der Waals surface area (Å²) in [5, 5.41) is 3.30. The first-order valence-corrected chi connectivity index (χ1v) is 9.47. The Hall–Kier alpha value is -2.99. The number of aromatic nitrogens is 1. The van der Waals surface area contributed by atoms with Gasteiger partial charge in [0.1, 0.15) is 0 Å². The zero-order chi connectivity index (χ0) is 19.2. The topological polar surface area (TPSA) is 68.3 Å². The molecule has 0 bridgehead atoms. The molecule has 2 aromatic carbocycles. The molecule has 6 heteroatoms. The third-order valence-corrected chi connectivity index (χ3v) is 4.83. The molecule has 3 rings (SSSR count). The van der Waals surface area contributed by atoms with E-state index in [4.69, 9.17) is 4.74 Å². The lowest BCUT2D eigenvalue weighted by atomic mass is 10.1. The molecule has 0 atom stereocenters. The first-order valence-electron chi connectivity index (χ1n) is 8.65. The maximum Gasteiger partial charge on any atom is 0.311 e. The molecular weight excluding hydrogens is 360 g/mol. The summed E-state index contributed by atoms with van der Waals surface area (Å²) in [7, 11) is 0. The summed E-state index contributed by atoms with van der Waals surface area (Å²) >= 11 is 1.29. The lowest BCUT2D eigenvalue weighted by Crippen LogP contribution is -2.11. The first kappa shape index (κ1) is 18.8. The zero-order valence-corrected chi connectivity index (χ0v) is 16.0. The fraction of sp³-hybridized carbons (Fsp3) is 0.190. The molecule has 0 spiro atoms. The molecule has 0 aliphatic heterocycles. The maximum atomic E-state index is 12.5. The van der Waals surface area contributed by atoms with Crippen molar-refractivity contribution in [2.45, 2.75) is 20.3 Å². The lowest BCUT2D eigenvalue weighted by Gasteiger charge is -2.02. The van der Waals surface area contributed by atoms with Gasteiger partial charge in [-0.1, -0.05) is 48.0 Å². The minimum Gasteiger partial charge on any atom is -0.466 e. The first-order chi connectivity index (χ1) is 13.1. The minimum absolute atomic E-state index is 0.121. The number of thiazole rings is 1. The lowest BCUT2D eigenvalue weighted by molar-refractivity contribution is -0.142. The number of carbonyl (C=O) groups is 2. The number of esters is 1. The van der Waals surface area contributed by atoms with Gasteiger partial charge in [0.05, 0.1) is 18.7 Å². The predicted molar refractivity (Wildman–Crippen MR) is 107 cm³/mol. The summed E-state index contributed by atoms with van der Waals surface area (Å²) in [6.45, 7) is 4.04. The van der Waals surface area contributed by atoms with E-state index < -0.39 is 0 Å². The fourth-order valence-corrected chi connectivity index (χ4v) is 3.61. The van der Waals surface area contributed by atoms with Gasteiger partial charge >= 0.3 is 5.97 Å². The van der Waals surface area contributed by atoms with E-state index >= 15 is 0 Å². The predicted octanol–water partition coefficient (Wildman–Crippen LogP) is 4.48.